The van der Waals surface area contributed by atoms with Crippen molar-refractivity contribution in [3.8, 4) is 11.1 Å². The van der Waals surface area contributed by atoms with Crippen molar-refractivity contribution in [2.24, 2.45) is 0 Å². The van der Waals surface area contributed by atoms with E-state index in [0.717, 1.165) is 16.7 Å². The van der Waals surface area contributed by atoms with Crippen LogP contribution in [0.25, 0.3) is 21.3 Å². The zero-order valence-corrected chi connectivity index (χ0v) is 17.7. The van der Waals surface area contributed by atoms with Crippen LogP contribution in [0.1, 0.15) is 5.56 Å². The Morgan fingerprint density at radius 3 is 2.41 bits per heavy atom. The molecule has 0 bridgehead atoms. The molecule has 2 heterocycles. The first-order valence-electron chi connectivity index (χ1n) is 9.34. The summed E-state index contributed by atoms with van der Waals surface area (Å²) in [7, 11) is 3.18. The maximum atomic E-state index is 13.1. The first-order valence-corrected chi connectivity index (χ1v) is 10.2. The Bertz CT molecular complexity index is 1020. The summed E-state index contributed by atoms with van der Waals surface area (Å²) >= 11 is 1.43. The Labute approximate surface area is 173 Å². The van der Waals surface area contributed by atoms with Crippen molar-refractivity contribution in [3.63, 3.8) is 0 Å². The predicted octanol–water partition coefficient (Wildman–Crippen LogP) is 2.55. The van der Waals surface area contributed by atoms with Gasteiger partial charge in [-0.15, -0.1) is 11.3 Å². The average molecular weight is 416 g/mol. The minimum atomic E-state index is -0.210. The van der Waals surface area contributed by atoms with Crippen molar-refractivity contribution < 1.29 is 14.3 Å². The van der Waals surface area contributed by atoms with Crippen molar-refractivity contribution in [2.75, 3.05) is 40.5 Å². The number of amides is 1. The molecule has 0 fully saturated rings. The van der Waals surface area contributed by atoms with Gasteiger partial charge in [0.2, 0.25) is 5.91 Å². The number of benzene rings is 1. The Morgan fingerprint density at radius 2 is 1.79 bits per heavy atom. The summed E-state index contributed by atoms with van der Waals surface area (Å²) in [6.45, 7) is 3.67. The van der Waals surface area contributed by atoms with Gasteiger partial charge < -0.3 is 14.4 Å². The van der Waals surface area contributed by atoms with E-state index >= 15 is 0 Å². The quantitative estimate of drug-likeness (QED) is 0.537. The minimum absolute atomic E-state index is 0.0710. The highest BCUT2D eigenvalue weighted by Crippen LogP contribution is 2.30. The topological polar surface area (TPSA) is 73.7 Å². The molecule has 29 heavy (non-hydrogen) atoms. The summed E-state index contributed by atoms with van der Waals surface area (Å²) in [5.41, 5.74) is 2.76. The van der Waals surface area contributed by atoms with Gasteiger partial charge in [0.05, 0.1) is 24.9 Å². The van der Waals surface area contributed by atoms with Gasteiger partial charge >= 0.3 is 0 Å². The van der Waals surface area contributed by atoms with Crippen molar-refractivity contribution in [1.82, 2.24) is 14.5 Å². The fraction of sp³-hybridized carbons (Fsp3) is 0.381. The number of carbonyl (C=O) groups is 1. The fourth-order valence-electron chi connectivity index (χ4n) is 3.04. The SMILES string of the molecule is COCCN(CCOC)C(=O)Cn1cnc2scc(-c3ccc(C)cc3)c2c1=O. The second-order valence-corrected chi connectivity index (χ2v) is 7.60. The third-order valence-electron chi connectivity index (χ3n) is 4.71. The van der Waals surface area contributed by atoms with Crippen molar-refractivity contribution in [3.05, 3.63) is 51.9 Å². The minimum Gasteiger partial charge on any atom is -0.383 e. The molecule has 8 heteroatoms. The summed E-state index contributed by atoms with van der Waals surface area (Å²) in [6, 6.07) is 8.02. The molecule has 0 aliphatic carbocycles. The molecule has 2 aromatic heterocycles. The van der Waals surface area contributed by atoms with Crippen molar-refractivity contribution in [2.45, 2.75) is 13.5 Å². The van der Waals surface area contributed by atoms with Gasteiger partial charge in [0.25, 0.3) is 5.56 Å². The van der Waals surface area contributed by atoms with Gasteiger partial charge in [-0.1, -0.05) is 29.8 Å². The Morgan fingerprint density at radius 1 is 1.14 bits per heavy atom. The molecule has 3 rings (SSSR count). The molecule has 0 radical (unpaired) electrons. The number of rotatable bonds is 9. The number of carbonyl (C=O) groups excluding carboxylic acids is 1. The molecule has 0 N–H and O–H groups in total. The second-order valence-electron chi connectivity index (χ2n) is 6.74. The summed E-state index contributed by atoms with van der Waals surface area (Å²) < 4.78 is 11.5. The fourth-order valence-corrected chi connectivity index (χ4v) is 3.94. The molecular formula is C21H25N3O4S. The molecule has 1 amide bonds. The van der Waals surface area contributed by atoms with Crippen LogP contribution in [0.15, 0.2) is 40.8 Å². The zero-order valence-electron chi connectivity index (χ0n) is 16.9. The summed E-state index contributed by atoms with van der Waals surface area (Å²) in [5.74, 6) is -0.172. The van der Waals surface area contributed by atoms with Crippen LogP contribution in [0.2, 0.25) is 0 Å². The van der Waals surface area contributed by atoms with Crippen LogP contribution in [-0.2, 0) is 20.8 Å². The Balaban J connectivity index is 1.90. The molecule has 154 valence electrons. The standard InChI is InChI=1S/C21H25N3O4S/c1-15-4-6-16(7-5-15)17-13-29-20-19(17)21(26)24(14-22-20)12-18(25)23(8-10-27-2)9-11-28-3/h4-7,13-14H,8-12H2,1-3H3. The van der Waals surface area contributed by atoms with E-state index < -0.39 is 0 Å². The predicted molar refractivity (Wildman–Crippen MR) is 114 cm³/mol. The average Bonchev–Trinajstić information content (AvgIpc) is 3.15. The number of thiophene rings is 1. The molecular weight excluding hydrogens is 390 g/mol. The summed E-state index contributed by atoms with van der Waals surface area (Å²) in [5, 5.41) is 2.49. The zero-order chi connectivity index (χ0) is 20.8. The summed E-state index contributed by atoms with van der Waals surface area (Å²) in [6.07, 6.45) is 1.45. The van der Waals surface area contributed by atoms with E-state index in [-0.39, 0.29) is 18.0 Å². The van der Waals surface area contributed by atoms with E-state index in [1.165, 1.54) is 22.2 Å². The lowest BCUT2D eigenvalue weighted by molar-refractivity contribution is -0.133. The molecule has 1 aromatic carbocycles. The number of aromatic nitrogens is 2. The molecule has 0 spiro atoms. The number of aryl methyl sites for hydroxylation is 1. The van der Waals surface area contributed by atoms with Gasteiger partial charge in [0.1, 0.15) is 11.4 Å². The van der Waals surface area contributed by atoms with E-state index in [2.05, 4.69) is 4.98 Å². The normalized spacial score (nSPS) is 11.1. The van der Waals surface area contributed by atoms with Crippen molar-refractivity contribution in [1.29, 1.82) is 0 Å². The first kappa shape index (κ1) is 21.2. The molecule has 7 nitrogen and oxygen atoms in total. The van der Waals surface area contributed by atoms with Gasteiger partial charge in [-0.3, -0.25) is 14.2 Å². The molecule has 0 saturated carbocycles. The van der Waals surface area contributed by atoms with Gasteiger partial charge in [-0.25, -0.2) is 4.98 Å². The van der Waals surface area contributed by atoms with E-state index in [9.17, 15) is 9.59 Å². The number of nitrogens with zero attached hydrogens (tertiary/aromatic N) is 3. The van der Waals surface area contributed by atoms with Crippen LogP contribution >= 0.6 is 11.3 Å². The van der Waals surface area contributed by atoms with Crippen molar-refractivity contribution >= 4 is 27.5 Å². The lowest BCUT2D eigenvalue weighted by Gasteiger charge is -2.22. The lowest BCUT2D eigenvalue weighted by Crippen LogP contribution is -2.40. The maximum absolute atomic E-state index is 13.1. The monoisotopic (exact) mass is 415 g/mol. The second kappa shape index (κ2) is 9.78. The number of fused-ring (bicyclic) bond motifs is 1. The van der Waals surface area contributed by atoms with Gasteiger partial charge in [0, 0.05) is 38.3 Å². The summed E-state index contributed by atoms with van der Waals surface area (Å²) in [4.78, 5) is 32.6. The van der Waals surface area contributed by atoms with E-state index in [4.69, 9.17) is 9.47 Å². The van der Waals surface area contributed by atoms with Crippen LogP contribution < -0.4 is 5.56 Å². The molecule has 0 unspecified atom stereocenters. The molecule has 3 aromatic rings. The number of methoxy groups -OCH3 is 2. The van der Waals surface area contributed by atoms with E-state index in [1.807, 2.05) is 36.6 Å². The highest BCUT2D eigenvalue weighted by Gasteiger charge is 2.18. The van der Waals surface area contributed by atoms with Crippen LogP contribution in [0.5, 0.6) is 0 Å². The highest BCUT2D eigenvalue weighted by molar-refractivity contribution is 7.17. The van der Waals surface area contributed by atoms with Crippen LogP contribution in [0, 0.1) is 6.92 Å². The molecule has 0 aliphatic rings. The van der Waals surface area contributed by atoms with Crippen LogP contribution in [-0.4, -0.2) is 60.9 Å². The third kappa shape index (κ3) is 4.90. The van der Waals surface area contributed by atoms with E-state index in [1.54, 1.807) is 19.1 Å². The van der Waals surface area contributed by atoms with Gasteiger partial charge in [-0.05, 0) is 12.5 Å². The smallest absolute Gasteiger partial charge is 0.263 e. The van der Waals surface area contributed by atoms with Gasteiger partial charge in [0.15, 0.2) is 0 Å². The van der Waals surface area contributed by atoms with Gasteiger partial charge in [-0.2, -0.15) is 0 Å². The molecule has 0 saturated heterocycles. The van der Waals surface area contributed by atoms with Crippen LogP contribution in [0.4, 0.5) is 0 Å². The first-order chi connectivity index (χ1) is 14.0. The Kier molecular flexibility index (Phi) is 7.13. The van der Waals surface area contributed by atoms with Crippen LogP contribution in [0.3, 0.4) is 0 Å². The van der Waals surface area contributed by atoms with E-state index in [0.29, 0.717) is 36.5 Å². The lowest BCUT2D eigenvalue weighted by atomic mass is 10.1. The maximum Gasteiger partial charge on any atom is 0.263 e. The number of ether oxygens (including phenoxy) is 2. The highest BCUT2D eigenvalue weighted by atomic mass is 32.1. The molecule has 0 aliphatic heterocycles. The number of hydrogen-bond donors (Lipinski definition) is 0. The third-order valence-corrected chi connectivity index (χ3v) is 5.60. The Hall–Kier alpha value is -2.55. The largest absolute Gasteiger partial charge is 0.383 e. The molecule has 0 atom stereocenters. The number of hydrogen-bond acceptors (Lipinski definition) is 6.